The number of benzene rings is 2. The second-order valence-electron chi connectivity index (χ2n) is 7.32. The molecule has 0 spiro atoms. The van der Waals surface area contributed by atoms with Gasteiger partial charge in [0.15, 0.2) is 0 Å². The number of nitrogens with one attached hydrogen (secondary N) is 1. The number of para-hydroxylation sites is 1. The van der Waals surface area contributed by atoms with Crippen LogP contribution >= 0.6 is 0 Å². The molecule has 25 heavy (non-hydrogen) atoms. The minimum atomic E-state index is 0.484. The molecule has 0 saturated carbocycles. The molecule has 0 aliphatic carbocycles. The van der Waals surface area contributed by atoms with Gasteiger partial charge < -0.3 is 5.32 Å². The molecule has 2 heterocycles. The summed E-state index contributed by atoms with van der Waals surface area (Å²) in [5.41, 5.74) is 6.07. The Labute approximate surface area is 150 Å². The predicted molar refractivity (Wildman–Crippen MR) is 106 cm³/mol. The van der Waals surface area contributed by atoms with Crippen LogP contribution in [0.2, 0.25) is 0 Å². The highest BCUT2D eigenvalue weighted by molar-refractivity contribution is 5.85. The van der Waals surface area contributed by atoms with E-state index in [9.17, 15) is 0 Å². The van der Waals surface area contributed by atoms with Gasteiger partial charge in [-0.3, -0.25) is 0 Å². The first kappa shape index (κ1) is 16.3. The van der Waals surface area contributed by atoms with Gasteiger partial charge in [-0.1, -0.05) is 61.4 Å². The molecule has 128 valence electrons. The molecule has 1 aromatic heterocycles. The standard InChI is InChI=1S/C23H26N2/c1-16-10-12-18(13-11-16)23-15-20(17(2)21-8-5-6-14-24-21)19-7-3-4-9-22(19)25-23/h3-4,7,9-13,15,17,21,24H,5-6,8,14H2,1-2H3. The zero-order valence-corrected chi connectivity index (χ0v) is 15.1. The summed E-state index contributed by atoms with van der Waals surface area (Å²) < 4.78 is 0. The normalized spacial score (nSPS) is 19.0. The van der Waals surface area contributed by atoms with Crippen molar-refractivity contribution in [2.45, 2.75) is 45.1 Å². The summed E-state index contributed by atoms with van der Waals surface area (Å²) in [7, 11) is 0. The van der Waals surface area contributed by atoms with Crippen molar-refractivity contribution in [1.29, 1.82) is 0 Å². The second kappa shape index (κ2) is 6.97. The van der Waals surface area contributed by atoms with Crippen molar-refractivity contribution in [1.82, 2.24) is 10.3 Å². The molecule has 0 bridgehead atoms. The van der Waals surface area contributed by atoms with Crippen LogP contribution in [-0.2, 0) is 0 Å². The maximum Gasteiger partial charge on any atom is 0.0712 e. The first-order chi connectivity index (χ1) is 12.2. The Morgan fingerprint density at radius 2 is 1.84 bits per heavy atom. The van der Waals surface area contributed by atoms with Gasteiger partial charge in [0.2, 0.25) is 0 Å². The Bertz CT molecular complexity index is 861. The Morgan fingerprint density at radius 1 is 1.04 bits per heavy atom. The smallest absolute Gasteiger partial charge is 0.0712 e. The summed E-state index contributed by atoms with van der Waals surface area (Å²) in [6.45, 7) is 5.63. The van der Waals surface area contributed by atoms with E-state index in [-0.39, 0.29) is 0 Å². The molecular weight excluding hydrogens is 304 g/mol. The maximum absolute atomic E-state index is 4.94. The van der Waals surface area contributed by atoms with Gasteiger partial charge >= 0.3 is 0 Å². The lowest BCUT2D eigenvalue weighted by Gasteiger charge is -2.30. The average Bonchev–Trinajstić information content (AvgIpc) is 2.68. The Balaban J connectivity index is 1.82. The third-order valence-electron chi connectivity index (χ3n) is 5.54. The molecular formula is C23H26N2. The van der Waals surface area contributed by atoms with Crippen molar-refractivity contribution in [3.63, 3.8) is 0 Å². The van der Waals surface area contributed by atoms with Crippen molar-refractivity contribution in [2.75, 3.05) is 6.54 Å². The van der Waals surface area contributed by atoms with Gasteiger partial charge in [0.25, 0.3) is 0 Å². The monoisotopic (exact) mass is 330 g/mol. The van der Waals surface area contributed by atoms with Crippen LogP contribution in [0.5, 0.6) is 0 Å². The van der Waals surface area contributed by atoms with E-state index in [1.807, 2.05) is 0 Å². The van der Waals surface area contributed by atoms with Gasteiger partial charge in [-0.25, -0.2) is 4.98 Å². The van der Waals surface area contributed by atoms with Gasteiger partial charge in [0, 0.05) is 17.0 Å². The minimum Gasteiger partial charge on any atom is -0.313 e. The number of pyridine rings is 1. The van der Waals surface area contributed by atoms with Gasteiger partial charge in [0.05, 0.1) is 11.2 Å². The van der Waals surface area contributed by atoms with Crippen LogP contribution in [0.1, 0.15) is 43.2 Å². The fourth-order valence-corrected chi connectivity index (χ4v) is 3.97. The highest BCUT2D eigenvalue weighted by atomic mass is 14.9. The van der Waals surface area contributed by atoms with Crippen LogP contribution in [0, 0.1) is 6.92 Å². The molecule has 1 aliphatic heterocycles. The zero-order chi connectivity index (χ0) is 17.2. The van der Waals surface area contributed by atoms with Gasteiger partial charge in [0.1, 0.15) is 0 Å². The fraction of sp³-hybridized carbons (Fsp3) is 0.348. The number of rotatable bonds is 3. The van der Waals surface area contributed by atoms with Crippen LogP contribution in [0.4, 0.5) is 0 Å². The lowest BCUT2D eigenvalue weighted by atomic mass is 9.85. The summed E-state index contributed by atoms with van der Waals surface area (Å²) in [5, 5.41) is 5.02. The van der Waals surface area contributed by atoms with Crippen molar-refractivity contribution in [3.8, 4) is 11.3 Å². The van der Waals surface area contributed by atoms with E-state index in [2.05, 4.69) is 73.8 Å². The Hall–Kier alpha value is -2.19. The molecule has 2 heteroatoms. The quantitative estimate of drug-likeness (QED) is 0.690. The molecule has 2 aromatic carbocycles. The SMILES string of the molecule is Cc1ccc(-c2cc(C(C)C3CCCCN3)c3ccccc3n2)cc1. The predicted octanol–water partition coefficient (Wildman–Crippen LogP) is 5.46. The van der Waals surface area contributed by atoms with Crippen LogP contribution in [0.25, 0.3) is 22.2 Å². The zero-order valence-electron chi connectivity index (χ0n) is 15.1. The molecule has 0 amide bonds. The summed E-state index contributed by atoms with van der Waals surface area (Å²) in [6, 6.07) is 20.1. The molecule has 1 saturated heterocycles. The third kappa shape index (κ3) is 3.32. The van der Waals surface area contributed by atoms with E-state index >= 15 is 0 Å². The average molecular weight is 330 g/mol. The number of aromatic nitrogens is 1. The van der Waals surface area contributed by atoms with Gasteiger partial charge in [-0.05, 0) is 49.9 Å². The van der Waals surface area contributed by atoms with E-state index in [0.29, 0.717) is 12.0 Å². The molecule has 1 fully saturated rings. The third-order valence-corrected chi connectivity index (χ3v) is 5.54. The lowest BCUT2D eigenvalue weighted by molar-refractivity contribution is 0.362. The van der Waals surface area contributed by atoms with Crippen molar-refractivity contribution in [2.24, 2.45) is 0 Å². The second-order valence-corrected chi connectivity index (χ2v) is 7.32. The van der Waals surface area contributed by atoms with Crippen molar-refractivity contribution >= 4 is 10.9 Å². The van der Waals surface area contributed by atoms with Crippen LogP contribution < -0.4 is 5.32 Å². The molecule has 4 rings (SSSR count). The molecule has 2 nitrogen and oxygen atoms in total. The van der Waals surface area contributed by atoms with Crippen LogP contribution in [0.15, 0.2) is 54.6 Å². The van der Waals surface area contributed by atoms with E-state index in [0.717, 1.165) is 17.8 Å². The summed E-state index contributed by atoms with van der Waals surface area (Å²) in [4.78, 5) is 4.94. The number of piperidine rings is 1. The van der Waals surface area contributed by atoms with Crippen molar-refractivity contribution < 1.29 is 0 Å². The van der Waals surface area contributed by atoms with E-state index in [1.54, 1.807) is 0 Å². The largest absolute Gasteiger partial charge is 0.313 e. The number of fused-ring (bicyclic) bond motifs is 1. The van der Waals surface area contributed by atoms with Crippen LogP contribution in [0.3, 0.4) is 0 Å². The molecule has 3 aromatic rings. The number of hydrogen-bond acceptors (Lipinski definition) is 2. The molecule has 0 radical (unpaired) electrons. The van der Waals surface area contributed by atoms with Crippen molar-refractivity contribution in [3.05, 3.63) is 65.7 Å². The molecule has 2 unspecified atom stereocenters. The van der Waals surface area contributed by atoms with Gasteiger partial charge in [-0.2, -0.15) is 0 Å². The lowest BCUT2D eigenvalue weighted by Crippen LogP contribution is -2.37. The molecule has 1 aliphatic rings. The first-order valence-electron chi connectivity index (χ1n) is 9.42. The highest BCUT2D eigenvalue weighted by Gasteiger charge is 2.23. The number of aryl methyl sites for hydroxylation is 1. The Morgan fingerprint density at radius 3 is 2.60 bits per heavy atom. The van der Waals surface area contributed by atoms with Gasteiger partial charge in [-0.15, -0.1) is 0 Å². The van der Waals surface area contributed by atoms with E-state index < -0.39 is 0 Å². The molecule has 1 N–H and O–H groups in total. The summed E-state index contributed by atoms with van der Waals surface area (Å²) in [5.74, 6) is 0.484. The topological polar surface area (TPSA) is 24.9 Å². The van der Waals surface area contributed by atoms with Crippen LogP contribution in [-0.4, -0.2) is 17.6 Å². The molecule has 2 atom stereocenters. The van der Waals surface area contributed by atoms with E-state index in [1.165, 1.54) is 41.3 Å². The minimum absolute atomic E-state index is 0.484. The first-order valence-corrected chi connectivity index (χ1v) is 9.42. The Kier molecular flexibility index (Phi) is 4.54. The van der Waals surface area contributed by atoms with E-state index in [4.69, 9.17) is 4.98 Å². The number of hydrogen-bond donors (Lipinski definition) is 1. The summed E-state index contributed by atoms with van der Waals surface area (Å²) >= 11 is 0. The maximum atomic E-state index is 4.94. The highest BCUT2D eigenvalue weighted by Crippen LogP contribution is 2.33. The summed E-state index contributed by atoms with van der Waals surface area (Å²) in [6.07, 6.45) is 3.89. The fourth-order valence-electron chi connectivity index (χ4n) is 3.97. The number of nitrogens with zero attached hydrogens (tertiary/aromatic N) is 1.